The molecule has 16 heavy (non-hydrogen) atoms. The van der Waals surface area contributed by atoms with Crippen LogP contribution in [0.25, 0.3) is 0 Å². The number of halogens is 4. The average Bonchev–Trinajstić information content (AvgIpc) is 2.06. The van der Waals surface area contributed by atoms with Gasteiger partial charge in [0.2, 0.25) is 0 Å². The fraction of sp³-hybridized carbons (Fsp3) is 0.750. The summed E-state index contributed by atoms with van der Waals surface area (Å²) in [5.74, 6) is -0.199. The first-order valence-electron chi connectivity index (χ1n) is 4.42. The fourth-order valence-electron chi connectivity index (χ4n) is 1.18. The van der Waals surface area contributed by atoms with Gasteiger partial charge in [0.1, 0.15) is 5.76 Å². The molecule has 0 fully saturated rings. The van der Waals surface area contributed by atoms with Crippen molar-refractivity contribution >= 4 is 21.7 Å². The van der Waals surface area contributed by atoms with Crippen LogP contribution in [0.2, 0.25) is 0 Å². The Morgan fingerprint density at radius 1 is 1.50 bits per heavy atom. The van der Waals surface area contributed by atoms with E-state index in [1.165, 1.54) is 6.08 Å². The molecule has 1 unspecified atom stereocenters. The van der Waals surface area contributed by atoms with Crippen molar-refractivity contribution in [2.45, 2.75) is 36.6 Å². The van der Waals surface area contributed by atoms with Gasteiger partial charge >= 0.3 is 15.6 Å². The minimum absolute atomic E-state index is 0.0787. The van der Waals surface area contributed by atoms with E-state index in [4.69, 9.17) is 11.6 Å². The molecule has 94 valence electrons. The average molecular weight is 279 g/mol. The van der Waals surface area contributed by atoms with Crippen LogP contribution in [0, 0.1) is 0 Å². The lowest BCUT2D eigenvalue weighted by molar-refractivity contribution is -0.0524. The van der Waals surface area contributed by atoms with Crippen molar-refractivity contribution in [2.24, 2.45) is 0 Å². The minimum atomic E-state index is -5.55. The van der Waals surface area contributed by atoms with E-state index in [1.54, 1.807) is 6.92 Å². The van der Waals surface area contributed by atoms with E-state index in [9.17, 15) is 21.6 Å². The van der Waals surface area contributed by atoms with E-state index in [-0.39, 0.29) is 18.6 Å². The molecule has 0 spiro atoms. The molecule has 1 atom stereocenters. The first kappa shape index (κ1) is 13.6. The normalized spacial score (nSPS) is 27.4. The second-order valence-corrected chi connectivity index (χ2v) is 6.22. The Morgan fingerprint density at radius 2 is 2.06 bits per heavy atom. The van der Waals surface area contributed by atoms with E-state index >= 15 is 0 Å². The summed E-state index contributed by atoms with van der Waals surface area (Å²) in [5, 5.41) is 0. The quantitative estimate of drug-likeness (QED) is 0.443. The molecule has 1 aliphatic rings. The molecule has 0 aromatic heterocycles. The van der Waals surface area contributed by atoms with Gasteiger partial charge in [-0.3, -0.25) is 0 Å². The second kappa shape index (κ2) is 4.10. The summed E-state index contributed by atoms with van der Waals surface area (Å²) in [5.41, 5.74) is -5.39. The Morgan fingerprint density at radius 3 is 2.44 bits per heavy atom. The summed E-state index contributed by atoms with van der Waals surface area (Å²) < 4.78 is 61.2. The number of hydrogen-bond donors (Lipinski definition) is 0. The van der Waals surface area contributed by atoms with Crippen molar-refractivity contribution < 1.29 is 25.8 Å². The van der Waals surface area contributed by atoms with Crippen LogP contribution in [-0.4, -0.2) is 18.8 Å². The highest BCUT2D eigenvalue weighted by Crippen LogP contribution is 2.35. The van der Waals surface area contributed by atoms with Crippen molar-refractivity contribution in [3.8, 4) is 0 Å². The van der Waals surface area contributed by atoms with Crippen molar-refractivity contribution in [2.75, 3.05) is 0 Å². The van der Waals surface area contributed by atoms with Crippen LogP contribution in [0.5, 0.6) is 0 Å². The van der Waals surface area contributed by atoms with Gasteiger partial charge in [0.05, 0.1) is 0 Å². The summed E-state index contributed by atoms with van der Waals surface area (Å²) in [7, 11) is -5.55. The first-order valence-corrected chi connectivity index (χ1v) is 6.21. The van der Waals surface area contributed by atoms with Gasteiger partial charge in [0, 0.05) is 11.3 Å². The molecule has 0 amide bonds. The third kappa shape index (κ3) is 3.28. The standard InChI is InChI=1S/C8H10ClF3O3S/c1-7(9)4-2-6(3-5-7)15-16(13,14)8(10,11)12/h2H,3-5H2,1H3. The molecule has 8 heteroatoms. The number of alkyl halides is 4. The summed E-state index contributed by atoms with van der Waals surface area (Å²) in [4.78, 5) is -0.547. The molecular weight excluding hydrogens is 269 g/mol. The maximum atomic E-state index is 12.0. The van der Waals surface area contributed by atoms with Crippen LogP contribution < -0.4 is 0 Å². The lowest BCUT2D eigenvalue weighted by Crippen LogP contribution is -2.27. The van der Waals surface area contributed by atoms with E-state index in [1.807, 2.05) is 0 Å². The lowest BCUT2D eigenvalue weighted by atomic mass is 9.94. The lowest BCUT2D eigenvalue weighted by Gasteiger charge is -2.25. The van der Waals surface area contributed by atoms with Gasteiger partial charge < -0.3 is 4.18 Å². The maximum absolute atomic E-state index is 12.0. The summed E-state index contributed by atoms with van der Waals surface area (Å²) in [6, 6.07) is 0. The Labute approximate surface area is 96.3 Å². The molecule has 0 N–H and O–H groups in total. The van der Waals surface area contributed by atoms with Gasteiger partial charge in [-0.2, -0.15) is 21.6 Å². The largest absolute Gasteiger partial charge is 0.534 e. The van der Waals surface area contributed by atoms with E-state index in [2.05, 4.69) is 4.18 Å². The molecule has 0 heterocycles. The number of allylic oxidation sites excluding steroid dienone is 2. The Hall–Kier alpha value is -0.430. The third-order valence-corrected chi connectivity index (χ3v) is 3.49. The Balaban J connectivity index is 2.75. The van der Waals surface area contributed by atoms with E-state index in [0.29, 0.717) is 6.42 Å². The van der Waals surface area contributed by atoms with E-state index in [0.717, 1.165) is 0 Å². The molecule has 3 nitrogen and oxygen atoms in total. The molecule has 1 aliphatic carbocycles. The van der Waals surface area contributed by atoms with Crippen LogP contribution in [0.3, 0.4) is 0 Å². The monoisotopic (exact) mass is 278 g/mol. The van der Waals surface area contributed by atoms with Crippen LogP contribution in [0.1, 0.15) is 26.2 Å². The molecule has 0 aromatic carbocycles. The third-order valence-electron chi connectivity index (χ3n) is 2.15. The summed E-state index contributed by atoms with van der Waals surface area (Å²) >= 11 is 5.93. The highest BCUT2D eigenvalue weighted by atomic mass is 35.5. The summed E-state index contributed by atoms with van der Waals surface area (Å²) in [6.07, 6.45) is 2.00. The highest BCUT2D eigenvalue weighted by Gasteiger charge is 2.49. The van der Waals surface area contributed by atoms with Crippen LogP contribution in [0.4, 0.5) is 13.2 Å². The van der Waals surface area contributed by atoms with Gasteiger partial charge in [0.15, 0.2) is 0 Å². The molecule has 1 rings (SSSR count). The fourth-order valence-corrected chi connectivity index (χ4v) is 1.88. The van der Waals surface area contributed by atoms with Crippen LogP contribution in [0.15, 0.2) is 11.8 Å². The van der Waals surface area contributed by atoms with Gasteiger partial charge in [-0.15, -0.1) is 11.6 Å². The van der Waals surface area contributed by atoms with Crippen LogP contribution in [-0.2, 0) is 14.3 Å². The van der Waals surface area contributed by atoms with Crippen molar-refractivity contribution in [1.82, 2.24) is 0 Å². The SMILES string of the molecule is CC1(Cl)CC=C(OS(=O)(=O)C(F)(F)F)CC1. The Bertz CT molecular complexity index is 397. The maximum Gasteiger partial charge on any atom is 0.534 e. The zero-order valence-electron chi connectivity index (χ0n) is 8.34. The molecule has 0 aliphatic heterocycles. The van der Waals surface area contributed by atoms with Crippen LogP contribution >= 0.6 is 11.6 Å². The number of hydrogen-bond acceptors (Lipinski definition) is 3. The van der Waals surface area contributed by atoms with Gasteiger partial charge in [0.25, 0.3) is 0 Å². The predicted octanol–water partition coefficient (Wildman–Crippen LogP) is 2.92. The van der Waals surface area contributed by atoms with Crippen molar-refractivity contribution in [3.05, 3.63) is 11.8 Å². The minimum Gasteiger partial charge on any atom is -0.381 e. The zero-order valence-corrected chi connectivity index (χ0v) is 9.92. The highest BCUT2D eigenvalue weighted by molar-refractivity contribution is 7.87. The van der Waals surface area contributed by atoms with Gasteiger partial charge in [-0.1, -0.05) is 0 Å². The molecular formula is C8H10ClF3O3S. The molecule has 0 saturated carbocycles. The predicted molar refractivity (Wildman–Crippen MR) is 52.3 cm³/mol. The van der Waals surface area contributed by atoms with E-state index < -0.39 is 20.5 Å². The van der Waals surface area contributed by atoms with Crippen molar-refractivity contribution in [3.63, 3.8) is 0 Å². The topological polar surface area (TPSA) is 43.4 Å². The van der Waals surface area contributed by atoms with Crippen molar-refractivity contribution in [1.29, 1.82) is 0 Å². The van der Waals surface area contributed by atoms with Gasteiger partial charge in [-0.25, -0.2) is 0 Å². The molecule has 0 saturated heterocycles. The summed E-state index contributed by atoms with van der Waals surface area (Å²) in [6.45, 7) is 1.72. The molecule has 0 aromatic rings. The number of rotatable bonds is 2. The Kier molecular flexibility index (Phi) is 3.50. The zero-order chi connectivity index (χ0) is 12.6. The van der Waals surface area contributed by atoms with Gasteiger partial charge in [-0.05, 0) is 25.8 Å². The molecule has 0 radical (unpaired) electrons. The first-order chi connectivity index (χ1) is 7.04. The second-order valence-electron chi connectivity index (χ2n) is 3.77. The molecule has 0 bridgehead atoms. The smallest absolute Gasteiger partial charge is 0.381 e.